The van der Waals surface area contributed by atoms with Crippen molar-refractivity contribution in [2.45, 2.75) is 28.7 Å². The minimum atomic E-state index is -3.59. The third kappa shape index (κ3) is 2.97. The van der Waals surface area contributed by atoms with E-state index in [4.69, 9.17) is 4.74 Å². The summed E-state index contributed by atoms with van der Waals surface area (Å²) in [4.78, 5) is 14.7. The standard InChI is InChI=1S/C19H20N2O4S/c22-19(20-12-14-6-5-11-25-14)13-21-15-7-1-3-9-17(15)26(23,24)18-10-4-2-8-16(18)21/h1-4,7-10,14H,5-6,11-13H2,(H,20,22). The Morgan fingerprint density at radius 2 is 1.69 bits per heavy atom. The number of nitrogens with zero attached hydrogens (tertiary/aromatic N) is 1. The van der Waals surface area contributed by atoms with Crippen LogP contribution in [-0.4, -0.2) is 40.1 Å². The molecule has 0 saturated carbocycles. The van der Waals surface area contributed by atoms with Crippen LogP contribution >= 0.6 is 0 Å². The van der Waals surface area contributed by atoms with Gasteiger partial charge in [0, 0.05) is 13.2 Å². The number of sulfone groups is 1. The number of carbonyl (C=O) groups is 1. The topological polar surface area (TPSA) is 75.7 Å². The molecular formula is C19H20N2O4S. The molecular weight excluding hydrogens is 352 g/mol. The van der Waals surface area contributed by atoms with E-state index in [0.29, 0.717) is 17.9 Å². The number of nitrogens with one attached hydrogen (secondary N) is 1. The first kappa shape index (κ1) is 17.1. The van der Waals surface area contributed by atoms with Crippen molar-refractivity contribution in [2.75, 3.05) is 24.6 Å². The van der Waals surface area contributed by atoms with Crippen molar-refractivity contribution in [3.63, 3.8) is 0 Å². The summed E-state index contributed by atoms with van der Waals surface area (Å²) in [5.74, 6) is -0.163. The predicted molar refractivity (Wildman–Crippen MR) is 97.3 cm³/mol. The first-order chi connectivity index (χ1) is 12.6. The molecule has 1 atom stereocenters. The molecule has 2 heterocycles. The van der Waals surface area contributed by atoms with Crippen LogP contribution in [0.25, 0.3) is 0 Å². The second-order valence-electron chi connectivity index (χ2n) is 6.46. The molecule has 26 heavy (non-hydrogen) atoms. The zero-order valence-corrected chi connectivity index (χ0v) is 15.0. The van der Waals surface area contributed by atoms with Crippen LogP contribution in [0.15, 0.2) is 58.3 Å². The molecule has 0 radical (unpaired) electrons. The van der Waals surface area contributed by atoms with Gasteiger partial charge in [-0.15, -0.1) is 0 Å². The van der Waals surface area contributed by atoms with Crippen molar-refractivity contribution < 1.29 is 17.9 Å². The maximum absolute atomic E-state index is 12.9. The van der Waals surface area contributed by atoms with Gasteiger partial charge in [-0.25, -0.2) is 8.42 Å². The van der Waals surface area contributed by atoms with Crippen molar-refractivity contribution in [2.24, 2.45) is 0 Å². The predicted octanol–water partition coefficient (Wildman–Crippen LogP) is 2.27. The van der Waals surface area contributed by atoms with E-state index in [1.54, 1.807) is 53.4 Å². The van der Waals surface area contributed by atoms with E-state index in [1.165, 1.54) is 0 Å². The molecule has 7 heteroatoms. The lowest BCUT2D eigenvalue weighted by Gasteiger charge is -2.32. The van der Waals surface area contributed by atoms with Crippen LogP contribution in [-0.2, 0) is 19.4 Å². The summed E-state index contributed by atoms with van der Waals surface area (Å²) in [5, 5.41) is 2.90. The zero-order valence-electron chi connectivity index (χ0n) is 14.2. The Labute approximate surface area is 152 Å². The van der Waals surface area contributed by atoms with E-state index < -0.39 is 9.84 Å². The summed E-state index contributed by atoms with van der Waals surface area (Å²) in [6.07, 6.45) is 2.04. The normalized spacial score (nSPS) is 20.3. The maximum Gasteiger partial charge on any atom is 0.240 e. The largest absolute Gasteiger partial charge is 0.376 e. The molecule has 2 aromatic carbocycles. The average molecular weight is 372 g/mol. The zero-order chi connectivity index (χ0) is 18.1. The lowest BCUT2D eigenvalue weighted by atomic mass is 10.2. The van der Waals surface area contributed by atoms with E-state index in [1.807, 2.05) is 0 Å². The number of hydrogen-bond donors (Lipinski definition) is 1. The number of rotatable bonds is 4. The molecule has 1 N–H and O–H groups in total. The Balaban J connectivity index is 1.63. The summed E-state index contributed by atoms with van der Waals surface area (Å²) >= 11 is 0. The minimum absolute atomic E-state index is 0.0519. The molecule has 6 nitrogen and oxygen atoms in total. The van der Waals surface area contributed by atoms with Crippen molar-refractivity contribution in [3.8, 4) is 0 Å². The van der Waals surface area contributed by atoms with Gasteiger partial charge in [-0.2, -0.15) is 0 Å². The van der Waals surface area contributed by atoms with E-state index in [0.717, 1.165) is 19.4 Å². The van der Waals surface area contributed by atoms with Crippen molar-refractivity contribution in [1.82, 2.24) is 5.32 Å². The number of para-hydroxylation sites is 2. The third-order valence-electron chi connectivity index (χ3n) is 4.74. The summed E-state index contributed by atoms with van der Waals surface area (Å²) in [6, 6.07) is 13.6. The molecule has 1 amide bonds. The molecule has 136 valence electrons. The van der Waals surface area contributed by atoms with E-state index in [-0.39, 0.29) is 28.3 Å². The molecule has 2 aromatic rings. The highest BCUT2D eigenvalue weighted by molar-refractivity contribution is 7.92. The Hall–Kier alpha value is -2.38. The molecule has 2 aliphatic rings. The first-order valence-corrected chi connectivity index (χ1v) is 10.1. The van der Waals surface area contributed by atoms with Crippen molar-refractivity contribution in [3.05, 3.63) is 48.5 Å². The quantitative estimate of drug-likeness (QED) is 0.891. The molecule has 4 rings (SSSR count). The molecule has 0 bridgehead atoms. The van der Waals surface area contributed by atoms with E-state index in [9.17, 15) is 13.2 Å². The number of anilines is 2. The Bertz CT molecular complexity index is 883. The number of benzene rings is 2. The molecule has 1 fully saturated rings. The SMILES string of the molecule is O=C(CN1c2ccccc2S(=O)(=O)c2ccccc21)NCC1CCCO1. The van der Waals surface area contributed by atoms with Crippen molar-refractivity contribution >= 4 is 27.1 Å². The van der Waals surface area contributed by atoms with E-state index in [2.05, 4.69) is 5.32 Å². The highest BCUT2D eigenvalue weighted by atomic mass is 32.2. The average Bonchev–Trinajstić information content (AvgIpc) is 3.17. The number of carbonyl (C=O) groups excluding carboxylic acids is 1. The monoisotopic (exact) mass is 372 g/mol. The van der Waals surface area contributed by atoms with Gasteiger partial charge in [-0.1, -0.05) is 24.3 Å². The summed E-state index contributed by atoms with van der Waals surface area (Å²) in [5.41, 5.74) is 1.05. The van der Waals surface area contributed by atoms with Crippen LogP contribution in [0.3, 0.4) is 0 Å². The fourth-order valence-corrected chi connectivity index (χ4v) is 5.13. The smallest absolute Gasteiger partial charge is 0.240 e. The maximum atomic E-state index is 12.9. The molecule has 0 aromatic heterocycles. The molecule has 1 unspecified atom stereocenters. The Kier molecular flexibility index (Phi) is 4.42. The van der Waals surface area contributed by atoms with Crippen LogP contribution < -0.4 is 10.2 Å². The fraction of sp³-hybridized carbons (Fsp3) is 0.316. The Morgan fingerprint density at radius 3 is 2.27 bits per heavy atom. The summed E-state index contributed by atoms with van der Waals surface area (Å²) < 4.78 is 31.3. The number of fused-ring (bicyclic) bond motifs is 2. The van der Waals surface area contributed by atoms with Crippen LogP contribution in [0.5, 0.6) is 0 Å². The van der Waals surface area contributed by atoms with Crippen LogP contribution in [0.1, 0.15) is 12.8 Å². The highest BCUT2D eigenvalue weighted by Crippen LogP contribution is 2.43. The second kappa shape index (κ2) is 6.74. The second-order valence-corrected chi connectivity index (χ2v) is 8.35. The van der Waals surface area contributed by atoms with Gasteiger partial charge in [-0.3, -0.25) is 4.79 Å². The number of hydrogen-bond acceptors (Lipinski definition) is 5. The van der Waals surface area contributed by atoms with Crippen LogP contribution in [0.4, 0.5) is 11.4 Å². The third-order valence-corrected chi connectivity index (χ3v) is 6.59. The van der Waals surface area contributed by atoms with Gasteiger partial charge in [-0.05, 0) is 37.1 Å². The number of amides is 1. The fourth-order valence-electron chi connectivity index (χ4n) is 3.47. The molecule has 0 aliphatic carbocycles. The summed E-state index contributed by atoms with van der Waals surface area (Å²) in [7, 11) is -3.59. The number of ether oxygens (including phenoxy) is 1. The highest BCUT2D eigenvalue weighted by Gasteiger charge is 2.34. The van der Waals surface area contributed by atoms with Gasteiger partial charge in [0.1, 0.15) is 6.54 Å². The lowest BCUT2D eigenvalue weighted by molar-refractivity contribution is -0.120. The first-order valence-electron chi connectivity index (χ1n) is 8.66. The van der Waals surface area contributed by atoms with Gasteiger partial charge in [0.25, 0.3) is 0 Å². The van der Waals surface area contributed by atoms with Gasteiger partial charge < -0.3 is 15.0 Å². The van der Waals surface area contributed by atoms with Crippen LogP contribution in [0, 0.1) is 0 Å². The van der Waals surface area contributed by atoms with Gasteiger partial charge in [0.05, 0.1) is 27.3 Å². The minimum Gasteiger partial charge on any atom is -0.376 e. The summed E-state index contributed by atoms with van der Waals surface area (Å²) in [6.45, 7) is 1.27. The molecule has 1 saturated heterocycles. The van der Waals surface area contributed by atoms with Crippen molar-refractivity contribution in [1.29, 1.82) is 0 Å². The van der Waals surface area contributed by atoms with Gasteiger partial charge in [0.2, 0.25) is 15.7 Å². The molecule has 2 aliphatic heterocycles. The van der Waals surface area contributed by atoms with E-state index >= 15 is 0 Å². The Morgan fingerprint density at radius 1 is 1.08 bits per heavy atom. The van der Waals surface area contributed by atoms with Gasteiger partial charge >= 0.3 is 0 Å². The lowest BCUT2D eigenvalue weighted by Crippen LogP contribution is -2.40. The van der Waals surface area contributed by atoms with Gasteiger partial charge in [0.15, 0.2) is 0 Å². The molecule has 0 spiro atoms. The van der Waals surface area contributed by atoms with Crippen LogP contribution in [0.2, 0.25) is 0 Å².